The Balaban J connectivity index is 2.31. The minimum Gasteiger partial charge on any atom is -0.384 e. The van der Waals surface area contributed by atoms with E-state index in [1.54, 1.807) is 6.07 Å². The van der Waals surface area contributed by atoms with E-state index in [1.807, 2.05) is 30.3 Å². The zero-order chi connectivity index (χ0) is 12.5. The first-order chi connectivity index (χ1) is 8.75. The summed E-state index contributed by atoms with van der Waals surface area (Å²) in [5.41, 5.74) is 13.6. The molecule has 1 heterocycles. The van der Waals surface area contributed by atoms with E-state index in [0.29, 0.717) is 11.6 Å². The van der Waals surface area contributed by atoms with E-state index in [0.717, 1.165) is 11.1 Å². The Morgan fingerprint density at radius 1 is 0.722 bits per heavy atom. The van der Waals surface area contributed by atoms with Crippen LogP contribution in [-0.2, 0) is 0 Å². The Kier molecular flexibility index (Phi) is 2.38. The van der Waals surface area contributed by atoms with Gasteiger partial charge in [0.05, 0.1) is 0 Å². The van der Waals surface area contributed by atoms with Crippen molar-refractivity contribution in [1.29, 1.82) is 0 Å². The Morgan fingerprint density at radius 2 is 1.50 bits per heavy atom. The molecule has 0 fully saturated rings. The molecule has 18 heavy (non-hydrogen) atoms. The molecule has 0 bridgehead atoms. The number of fused-ring (bicyclic) bond motifs is 1. The smallest absolute Gasteiger partial charge is 0.133 e. The molecule has 0 aliphatic rings. The van der Waals surface area contributed by atoms with Crippen molar-refractivity contribution < 1.29 is 0 Å². The topological polar surface area (TPSA) is 64.9 Å². The third-order valence-corrected chi connectivity index (χ3v) is 3.03. The summed E-state index contributed by atoms with van der Waals surface area (Å²) in [7, 11) is 0. The summed E-state index contributed by atoms with van der Waals surface area (Å²) < 4.78 is 0. The van der Waals surface area contributed by atoms with E-state index >= 15 is 0 Å². The predicted octanol–water partition coefficient (Wildman–Crippen LogP) is 3.07. The molecule has 0 aliphatic carbocycles. The Labute approximate surface area is 105 Å². The first-order valence-corrected chi connectivity index (χ1v) is 5.76. The van der Waals surface area contributed by atoms with Crippen molar-refractivity contribution in [2.24, 2.45) is 0 Å². The Morgan fingerprint density at radius 3 is 2.33 bits per heavy atom. The second-order valence-electron chi connectivity index (χ2n) is 4.20. The highest BCUT2D eigenvalue weighted by Gasteiger charge is 2.07. The van der Waals surface area contributed by atoms with Gasteiger partial charge in [-0.25, -0.2) is 4.98 Å². The van der Waals surface area contributed by atoms with Crippen molar-refractivity contribution in [3.05, 3.63) is 54.6 Å². The SMILES string of the molecule is Nc1ccc(-c2cccc3ccccc23)c(N)n1. The third kappa shape index (κ3) is 1.66. The first kappa shape index (κ1) is 10.6. The predicted molar refractivity (Wildman–Crippen MR) is 76.0 cm³/mol. The van der Waals surface area contributed by atoms with Crippen LogP contribution in [-0.4, -0.2) is 4.98 Å². The highest BCUT2D eigenvalue weighted by atomic mass is 14.9. The fraction of sp³-hybridized carbons (Fsp3) is 0. The molecule has 3 nitrogen and oxygen atoms in total. The number of aromatic nitrogens is 1. The fourth-order valence-corrected chi connectivity index (χ4v) is 2.18. The minimum absolute atomic E-state index is 0.441. The third-order valence-electron chi connectivity index (χ3n) is 3.03. The number of hydrogen-bond donors (Lipinski definition) is 2. The van der Waals surface area contributed by atoms with E-state index in [-0.39, 0.29) is 0 Å². The molecule has 0 saturated heterocycles. The molecule has 3 aromatic rings. The Bertz CT molecular complexity index is 715. The summed E-state index contributed by atoms with van der Waals surface area (Å²) in [4.78, 5) is 4.11. The first-order valence-electron chi connectivity index (χ1n) is 5.76. The maximum absolute atomic E-state index is 5.95. The molecule has 0 spiro atoms. The van der Waals surface area contributed by atoms with Crippen LogP contribution in [0.5, 0.6) is 0 Å². The van der Waals surface area contributed by atoms with Crippen molar-refractivity contribution in [3.8, 4) is 11.1 Å². The molecule has 3 heteroatoms. The summed E-state index contributed by atoms with van der Waals surface area (Å²) in [5, 5.41) is 2.35. The summed E-state index contributed by atoms with van der Waals surface area (Å²) in [5.74, 6) is 0.905. The normalized spacial score (nSPS) is 10.7. The maximum Gasteiger partial charge on any atom is 0.133 e. The average Bonchev–Trinajstić information content (AvgIpc) is 2.38. The van der Waals surface area contributed by atoms with Gasteiger partial charge < -0.3 is 11.5 Å². The average molecular weight is 235 g/mol. The van der Waals surface area contributed by atoms with Crippen LogP contribution in [0.3, 0.4) is 0 Å². The molecule has 0 saturated carbocycles. The molecule has 0 unspecified atom stereocenters. The van der Waals surface area contributed by atoms with Gasteiger partial charge in [0.1, 0.15) is 11.6 Å². The van der Waals surface area contributed by atoms with E-state index in [1.165, 1.54) is 10.8 Å². The van der Waals surface area contributed by atoms with Crippen molar-refractivity contribution in [3.63, 3.8) is 0 Å². The zero-order valence-corrected chi connectivity index (χ0v) is 9.80. The minimum atomic E-state index is 0.441. The molecule has 2 aromatic carbocycles. The fourth-order valence-electron chi connectivity index (χ4n) is 2.18. The second-order valence-corrected chi connectivity index (χ2v) is 4.20. The van der Waals surface area contributed by atoms with Gasteiger partial charge in [-0.2, -0.15) is 0 Å². The summed E-state index contributed by atoms with van der Waals surface area (Å²) in [6.07, 6.45) is 0. The number of nitrogen functional groups attached to an aromatic ring is 2. The van der Waals surface area contributed by atoms with Crippen LogP contribution in [0.4, 0.5) is 11.6 Å². The second kappa shape index (κ2) is 4.04. The number of nitrogens with two attached hydrogens (primary N) is 2. The van der Waals surface area contributed by atoms with Gasteiger partial charge in [-0.3, -0.25) is 0 Å². The van der Waals surface area contributed by atoms with Crippen LogP contribution in [0.2, 0.25) is 0 Å². The maximum atomic E-state index is 5.95. The van der Waals surface area contributed by atoms with Gasteiger partial charge >= 0.3 is 0 Å². The molecule has 3 rings (SSSR count). The standard InChI is InChI=1S/C15H13N3/c16-14-9-8-13(15(17)18-14)12-7-3-5-10-4-1-2-6-11(10)12/h1-9H,(H4,16,17,18). The highest BCUT2D eigenvalue weighted by molar-refractivity contribution is 5.98. The lowest BCUT2D eigenvalue weighted by atomic mass is 9.99. The molecule has 0 radical (unpaired) electrons. The van der Waals surface area contributed by atoms with E-state index in [2.05, 4.69) is 23.2 Å². The number of benzene rings is 2. The summed E-state index contributed by atoms with van der Waals surface area (Å²) in [6, 6.07) is 18.1. The van der Waals surface area contributed by atoms with Crippen LogP contribution in [0.25, 0.3) is 21.9 Å². The molecule has 0 aliphatic heterocycles. The number of anilines is 2. The lowest BCUT2D eigenvalue weighted by Crippen LogP contribution is -1.98. The largest absolute Gasteiger partial charge is 0.384 e. The molecule has 88 valence electrons. The van der Waals surface area contributed by atoms with Crippen molar-refractivity contribution >= 4 is 22.4 Å². The molecule has 0 atom stereocenters. The van der Waals surface area contributed by atoms with Gasteiger partial charge in [-0.1, -0.05) is 42.5 Å². The van der Waals surface area contributed by atoms with E-state index in [9.17, 15) is 0 Å². The van der Waals surface area contributed by atoms with Crippen molar-refractivity contribution in [1.82, 2.24) is 4.98 Å². The lowest BCUT2D eigenvalue weighted by molar-refractivity contribution is 1.34. The Hall–Kier alpha value is -2.55. The van der Waals surface area contributed by atoms with Gasteiger partial charge in [-0.15, -0.1) is 0 Å². The number of hydrogen-bond acceptors (Lipinski definition) is 3. The van der Waals surface area contributed by atoms with Crippen molar-refractivity contribution in [2.75, 3.05) is 11.5 Å². The van der Waals surface area contributed by atoms with Gasteiger partial charge in [-0.05, 0) is 28.5 Å². The summed E-state index contributed by atoms with van der Waals surface area (Å²) >= 11 is 0. The van der Waals surface area contributed by atoms with Crippen LogP contribution >= 0.6 is 0 Å². The van der Waals surface area contributed by atoms with Crippen molar-refractivity contribution in [2.45, 2.75) is 0 Å². The van der Waals surface area contributed by atoms with Gasteiger partial charge in [0.2, 0.25) is 0 Å². The van der Waals surface area contributed by atoms with Gasteiger partial charge in [0.25, 0.3) is 0 Å². The van der Waals surface area contributed by atoms with Crippen LogP contribution in [0.1, 0.15) is 0 Å². The van der Waals surface area contributed by atoms with Crippen LogP contribution in [0, 0.1) is 0 Å². The van der Waals surface area contributed by atoms with E-state index in [4.69, 9.17) is 11.5 Å². The number of rotatable bonds is 1. The van der Waals surface area contributed by atoms with E-state index < -0.39 is 0 Å². The molecular formula is C15H13N3. The van der Waals surface area contributed by atoms with Crippen LogP contribution < -0.4 is 11.5 Å². The van der Waals surface area contributed by atoms with Gasteiger partial charge in [0, 0.05) is 5.56 Å². The quantitative estimate of drug-likeness (QED) is 0.681. The molecule has 1 aromatic heterocycles. The zero-order valence-electron chi connectivity index (χ0n) is 9.80. The lowest BCUT2D eigenvalue weighted by Gasteiger charge is -2.09. The molecule has 0 amide bonds. The highest BCUT2D eigenvalue weighted by Crippen LogP contribution is 2.31. The summed E-state index contributed by atoms with van der Waals surface area (Å²) in [6.45, 7) is 0. The molecular weight excluding hydrogens is 222 g/mol. The monoisotopic (exact) mass is 235 g/mol. The van der Waals surface area contributed by atoms with Gasteiger partial charge in [0.15, 0.2) is 0 Å². The number of pyridine rings is 1. The van der Waals surface area contributed by atoms with Crippen LogP contribution in [0.15, 0.2) is 54.6 Å². The number of nitrogens with zero attached hydrogens (tertiary/aromatic N) is 1. The molecule has 4 N–H and O–H groups in total.